The van der Waals surface area contributed by atoms with Gasteiger partial charge in [-0.25, -0.2) is 0 Å². The van der Waals surface area contributed by atoms with Crippen molar-refractivity contribution >= 4 is 46.3 Å². The number of fused-ring (bicyclic) bond motifs is 1. The number of benzene rings is 1. The third-order valence-electron chi connectivity index (χ3n) is 4.48. The van der Waals surface area contributed by atoms with Crippen molar-refractivity contribution in [2.45, 2.75) is 13.0 Å². The van der Waals surface area contributed by atoms with Gasteiger partial charge in [-0.2, -0.15) is 11.3 Å². The van der Waals surface area contributed by atoms with Gasteiger partial charge in [0.15, 0.2) is 0 Å². The molecule has 4 rings (SSSR count). The zero-order valence-corrected chi connectivity index (χ0v) is 16.2. The molecule has 136 valence electrons. The highest BCUT2D eigenvalue weighted by Gasteiger charge is 2.22. The fraction of sp³-hybridized carbons (Fsp3) is 0.143. The standard InChI is InChI=1S/C21H18N2O2S2/c24-20(6-3-15-8-11-26-14-15)22-18-5-4-16-7-9-23(13-17(16)12-18)21(25)19-2-1-10-27-19/h1-6,8,10-12,14H,7,9,13H2,(H,22,24)/b6-3+. The van der Waals surface area contributed by atoms with Crippen molar-refractivity contribution in [2.75, 3.05) is 11.9 Å². The van der Waals surface area contributed by atoms with Crippen LogP contribution in [-0.2, 0) is 17.8 Å². The van der Waals surface area contributed by atoms with E-state index in [0.717, 1.165) is 34.7 Å². The highest BCUT2D eigenvalue weighted by Crippen LogP contribution is 2.25. The first-order chi connectivity index (χ1) is 13.2. The zero-order chi connectivity index (χ0) is 18.6. The smallest absolute Gasteiger partial charge is 0.264 e. The SMILES string of the molecule is O=C(/C=C/c1ccsc1)Nc1ccc2c(c1)CN(C(=O)c1cccs1)CC2. The Morgan fingerprint density at radius 2 is 2.04 bits per heavy atom. The lowest BCUT2D eigenvalue weighted by Crippen LogP contribution is -2.35. The number of anilines is 1. The maximum Gasteiger partial charge on any atom is 0.264 e. The molecule has 1 N–H and O–H groups in total. The van der Waals surface area contributed by atoms with Gasteiger partial charge in [0.1, 0.15) is 0 Å². The number of nitrogens with one attached hydrogen (secondary N) is 1. The number of carbonyl (C=O) groups excluding carboxylic acids is 2. The molecule has 0 unspecified atom stereocenters. The molecule has 3 heterocycles. The molecule has 0 saturated heterocycles. The molecule has 0 fully saturated rings. The number of thiophene rings is 2. The molecule has 1 aliphatic heterocycles. The second-order valence-corrected chi connectivity index (χ2v) is 8.04. The number of rotatable bonds is 4. The van der Waals surface area contributed by atoms with E-state index in [2.05, 4.69) is 5.32 Å². The van der Waals surface area contributed by atoms with E-state index in [-0.39, 0.29) is 11.8 Å². The Bertz CT molecular complexity index is 976. The van der Waals surface area contributed by atoms with Crippen LogP contribution in [0, 0.1) is 0 Å². The van der Waals surface area contributed by atoms with Crippen molar-refractivity contribution in [3.63, 3.8) is 0 Å². The highest BCUT2D eigenvalue weighted by molar-refractivity contribution is 7.12. The van der Waals surface area contributed by atoms with Gasteiger partial charge in [0.05, 0.1) is 4.88 Å². The van der Waals surface area contributed by atoms with Gasteiger partial charge in [0, 0.05) is 24.9 Å². The highest BCUT2D eigenvalue weighted by atomic mass is 32.1. The van der Waals surface area contributed by atoms with Crippen molar-refractivity contribution in [3.05, 3.63) is 80.2 Å². The summed E-state index contributed by atoms with van der Waals surface area (Å²) in [6.07, 6.45) is 4.17. The van der Waals surface area contributed by atoms with Gasteiger partial charge in [-0.05, 0) is 69.6 Å². The number of amides is 2. The molecule has 2 aromatic heterocycles. The van der Waals surface area contributed by atoms with E-state index < -0.39 is 0 Å². The summed E-state index contributed by atoms with van der Waals surface area (Å²) >= 11 is 3.06. The number of hydrogen-bond acceptors (Lipinski definition) is 4. The first-order valence-corrected chi connectivity index (χ1v) is 10.5. The van der Waals surface area contributed by atoms with Gasteiger partial charge in [-0.1, -0.05) is 12.1 Å². The largest absolute Gasteiger partial charge is 0.333 e. The summed E-state index contributed by atoms with van der Waals surface area (Å²) in [7, 11) is 0. The van der Waals surface area contributed by atoms with E-state index in [1.54, 1.807) is 17.4 Å². The predicted molar refractivity (Wildman–Crippen MR) is 111 cm³/mol. The van der Waals surface area contributed by atoms with Crippen LogP contribution in [0.1, 0.15) is 26.4 Å². The molecular formula is C21H18N2O2S2. The summed E-state index contributed by atoms with van der Waals surface area (Å²) in [6.45, 7) is 1.29. The summed E-state index contributed by atoms with van der Waals surface area (Å²) in [5.41, 5.74) is 4.09. The normalized spacial score (nSPS) is 13.6. The molecule has 0 radical (unpaired) electrons. The van der Waals surface area contributed by atoms with Gasteiger partial charge < -0.3 is 10.2 Å². The van der Waals surface area contributed by atoms with Crippen LogP contribution in [0.3, 0.4) is 0 Å². The second kappa shape index (κ2) is 7.90. The lowest BCUT2D eigenvalue weighted by atomic mass is 9.99. The van der Waals surface area contributed by atoms with E-state index in [4.69, 9.17) is 0 Å². The van der Waals surface area contributed by atoms with Crippen molar-refractivity contribution in [2.24, 2.45) is 0 Å². The van der Waals surface area contributed by atoms with Crippen LogP contribution in [0.2, 0.25) is 0 Å². The molecule has 0 bridgehead atoms. The van der Waals surface area contributed by atoms with E-state index >= 15 is 0 Å². The third-order valence-corrected chi connectivity index (χ3v) is 6.03. The molecule has 6 heteroatoms. The fourth-order valence-corrected chi connectivity index (χ4v) is 4.41. The molecule has 0 aliphatic carbocycles. The zero-order valence-electron chi connectivity index (χ0n) is 14.6. The molecule has 2 amide bonds. The van der Waals surface area contributed by atoms with Crippen LogP contribution in [-0.4, -0.2) is 23.3 Å². The number of carbonyl (C=O) groups is 2. The first kappa shape index (κ1) is 17.7. The minimum atomic E-state index is -0.163. The molecular weight excluding hydrogens is 376 g/mol. The van der Waals surface area contributed by atoms with Crippen LogP contribution >= 0.6 is 22.7 Å². The Morgan fingerprint density at radius 1 is 1.11 bits per heavy atom. The van der Waals surface area contributed by atoms with Crippen molar-refractivity contribution in [1.82, 2.24) is 4.90 Å². The molecule has 3 aromatic rings. The monoisotopic (exact) mass is 394 g/mol. The van der Waals surface area contributed by atoms with Gasteiger partial charge in [0.25, 0.3) is 5.91 Å². The lowest BCUT2D eigenvalue weighted by Gasteiger charge is -2.29. The maximum absolute atomic E-state index is 12.6. The molecule has 0 atom stereocenters. The number of hydrogen-bond donors (Lipinski definition) is 1. The van der Waals surface area contributed by atoms with Gasteiger partial charge >= 0.3 is 0 Å². The summed E-state index contributed by atoms with van der Waals surface area (Å²) in [4.78, 5) is 27.4. The van der Waals surface area contributed by atoms with Gasteiger partial charge in [0.2, 0.25) is 5.91 Å². The van der Waals surface area contributed by atoms with E-state index in [9.17, 15) is 9.59 Å². The second-order valence-electron chi connectivity index (χ2n) is 6.32. The average molecular weight is 395 g/mol. The minimum Gasteiger partial charge on any atom is -0.333 e. The number of nitrogens with zero attached hydrogens (tertiary/aromatic N) is 1. The minimum absolute atomic E-state index is 0.0729. The van der Waals surface area contributed by atoms with Crippen LogP contribution in [0.4, 0.5) is 5.69 Å². The Labute approximate surface area is 165 Å². The third kappa shape index (κ3) is 4.18. The van der Waals surface area contributed by atoms with Crippen LogP contribution < -0.4 is 5.32 Å². The molecule has 1 aliphatic rings. The molecule has 0 spiro atoms. The van der Waals surface area contributed by atoms with Gasteiger partial charge in [-0.15, -0.1) is 11.3 Å². The summed E-state index contributed by atoms with van der Waals surface area (Å²) in [6, 6.07) is 11.7. The topological polar surface area (TPSA) is 49.4 Å². The maximum atomic E-state index is 12.6. The summed E-state index contributed by atoms with van der Waals surface area (Å²) < 4.78 is 0. The Kier molecular flexibility index (Phi) is 5.18. The Balaban J connectivity index is 1.44. The summed E-state index contributed by atoms with van der Waals surface area (Å²) in [5, 5.41) is 8.79. The van der Waals surface area contributed by atoms with E-state index in [1.807, 2.05) is 57.4 Å². The Morgan fingerprint density at radius 3 is 2.81 bits per heavy atom. The van der Waals surface area contributed by atoms with Crippen molar-refractivity contribution in [3.8, 4) is 0 Å². The van der Waals surface area contributed by atoms with E-state index in [1.165, 1.54) is 23.0 Å². The molecule has 4 nitrogen and oxygen atoms in total. The van der Waals surface area contributed by atoms with Crippen LogP contribution in [0.15, 0.2) is 58.6 Å². The van der Waals surface area contributed by atoms with Crippen molar-refractivity contribution < 1.29 is 9.59 Å². The Hall–Kier alpha value is -2.70. The van der Waals surface area contributed by atoms with Crippen molar-refractivity contribution in [1.29, 1.82) is 0 Å². The molecule has 0 saturated carbocycles. The first-order valence-electron chi connectivity index (χ1n) is 8.65. The van der Waals surface area contributed by atoms with Crippen LogP contribution in [0.5, 0.6) is 0 Å². The molecule has 1 aromatic carbocycles. The average Bonchev–Trinajstić information content (AvgIpc) is 3.39. The predicted octanol–water partition coefficient (Wildman–Crippen LogP) is 4.66. The quantitative estimate of drug-likeness (QED) is 0.654. The van der Waals surface area contributed by atoms with E-state index in [0.29, 0.717) is 6.54 Å². The fourth-order valence-electron chi connectivity index (χ4n) is 3.09. The molecule has 27 heavy (non-hydrogen) atoms. The summed E-state index contributed by atoms with van der Waals surface area (Å²) in [5.74, 6) is -0.0905. The lowest BCUT2D eigenvalue weighted by molar-refractivity contribution is -0.111. The van der Waals surface area contributed by atoms with Crippen LogP contribution in [0.25, 0.3) is 6.08 Å². The van der Waals surface area contributed by atoms with Gasteiger partial charge in [-0.3, -0.25) is 9.59 Å².